The predicted molar refractivity (Wildman–Crippen MR) is 64.7 cm³/mol. The van der Waals surface area contributed by atoms with Crippen LogP contribution in [0.4, 0.5) is 0 Å². The molecule has 0 radical (unpaired) electrons. The lowest BCUT2D eigenvalue weighted by atomic mass is 10.1. The fraction of sp³-hybridized carbons (Fsp3) is 0.500. The molecular weight excluding hydrogens is 215 g/mol. The molecule has 0 bridgehead atoms. The van der Waals surface area contributed by atoms with Crippen LogP contribution in [0.1, 0.15) is 39.0 Å². The maximum atomic E-state index is 6.09. The first-order valence-corrected chi connectivity index (χ1v) is 5.92. The molecule has 14 heavy (non-hydrogen) atoms. The first-order chi connectivity index (χ1) is 6.75. The van der Waals surface area contributed by atoms with Crippen molar-refractivity contribution in [2.24, 2.45) is 0 Å². The minimum absolute atomic E-state index is 0.800. The molecule has 2 heteroatoms. The first-order valence-electron chi connectivity index (χ1n) is 5.17. The Morgan fingerprint density at radius 2 is 2.21 bits per heavy atom. The molecule has 0 aromatic rings. The van der Waals surface area contributed by atoms with Crippen molar-refractivity contribution in [2.45, 2.75) is 39.0 Å². The van der Waals surface area contributed by atoms with E-state index in [-0.39, 0.29) is 0 Å². The van der Waals surface area contributed by atoms with Crippen LogP contribution in [-0.2, 0) is 0 Å². The van der Waals surface area contributed by atoms with Crippen molar-refractivity contribution in [1.82, 2.24) is 0 Å². The maximum absolute atomic E-state index is 6.09. The second-order valence-corrected chi connectivity index (χ2v) is 4.32. The van der Waals surface area contributed by atoms with E-state index in [0.717, 1.165) is 34.9 Å². The lowest BCUT2D eigenvalue weighted by Crippen LogP contribution is -1.91. The lowest BCUT2D eigenvalue weighted by Gasteiger charge is -2.10. The molecule has 1 rings (SSSR count). The molecule has 78 valence electrons. The van der Waals surface area contributed by atoms with Crippen molar-refractivity contribution in [2.75, 3.05) is 0 Å². The Balaban J connectivity index is 2.57. The second kappa shape index (κ2) is 6.31. The Labute approximate surface area is 96.3 Å². The van der Waals surface area contributed by atoms with Gasteiger partial charge in [0.2, 0.25) is 0 Å². The van der Waals surface area contributed by atoms with E-state index in [1.165, 1.54) is 12.8 Å². The molecule has 0 saturated heterocycles. The highest BCUT2D eigenvalue weighted by atomic mass is 35.5. The summed E-state index contributed by atoms with van der Waals surface area (Å²) < 4.78 is 0. The summed E-state index contributed by atoms with van der Waals surface area (Å²) in [6.45, 7) is 2.19. The fourth-order valence-corrected chi connectivity index (χ4v) is 2.00. The zero-order valence-corrected chi connectivity index (χ0v) is 10.0. The van der Waals surface area contributed by atoms with Crippen LogP contribution in [0.5, 0.6) is 0 Å². The molecular formula is C12H16Cl2. The lowest BCUT2D eigenvalue weighted by molar-refractivity contribution is 0.814. The Hall–Kier alpha value is -0.200. The molecule has 0 aromatic heterocycles. The summed E-state index contributed by atoms with van der Waals surface area (Å²) in [5.74, 6) is 0. The van der Waals surface area contributed by atoms with Gasteiger partial charge in [-0.2, -0.15) is 0 Å². The minimum Gasteiger partial charge on any atom is -0.0884 e. The summed E-state index contributed by atoms with van der Waals surface area (Å²) in [5, 5.41) is 1.69. The SMILES string of the molecule is CCCC/C=C/C1=C(Cl)CCC=C1Cl. The summed E-state index contributed by atoms with van der Waals surface area (Å²) in [6, 6.07) is 0. The van der Waals surface area contributed by atoms with Crippen LogP contribution in [-0.4, -0.2) is 0 Å². The van der Waals surface area contributed by atoms with Crippen LogP contribution in [0.15, 0.2) is 33.9 Å². The number of allylic oxidation sites excluding steroid dienone is 6. The van der Waals surface area contributed by atoms with E-state index in [4.69, 9.17) is 23.2 Å². The van der Waals surface area contributed by atoms with Gasteiger partial charge in [-0.15, -0.1) is 0 Å². The highest BCUT2D eigenvalue weighted by molar-refractivity contribution is 6.36. The zero-order valence-electron chi connectivity index (χ0n) is 8.52. The largest absolute Gasteiger partial charge is 0.0884 e. The van der Waals surface area contributed by atoms with Gasteiger partial charge in [-0.25, -0.2) is 0 Å². The van der Waals surface area contributed by atoms with E-state index >= 15 is 0 Å². The topological polar surface area (TPSA) is 0 Å². The van der Waals surface area contributed by atoms with E-state index in [9.17, 15) is 0 Å². The Morgan fingerprint density at radius 3 is 2.86 bits per heavy atom. The smallest absolute Gasteiger partial charge is 0.0450 e. The van der Waals surface area contributed by atoms with Gasteiger partial charge in [-0.3, -0.25) is 0 Å². The van der Waals surface area contributed by atoms with Gasteiger partial charge >= 0.3 is 0 Å². The van der Waals surface area contributed by atoms with Crippen LogP contribution in [0, 0.1) is 0 Å². The van der Waals surface area contributed by atoms with Crippen LogP contribution >= 0.6 is 23.2 Å². The second-order valence-electron chi connectivity index (χ2n) is 3.45. The molecule has 0 aliphatic heterocycles. The average molecular weight is 231 g/mol. The van der Waals surface area contributed by atoms with Gasteiger partial charge in [0, 0.05) is 15.6 Å². The van der Waals surface area contributed by atoms with Gasteiger partial charge in [0.15, 0.2) is 0 Å². The third-order valence-electron chi connectivity index (χ3n) is 2.25. The quantitative estimate of drug-likeness (QED) is 0.587. The van der Waals surface area contributed by atoms with E-state index in [1.807, 2.05) is 6.08 Å². The maximum Gasteiger partial charge on any atom is 0.0450 e. The summed E-state index contributed by atoms with van der Waals surface area (Å²) in [7, 11) is 0. The molecule has 0 fully saturated rings. The zero-order chi connectivity index (χ0) is 10.4. The van der Waals surface area contributed by atoms with Crippen LogP contribution < -0.4 is 0 Å². The molecule has 0 N–H and O–H groups in total. The normalized spacial score (nSPS) is 17.8. The molecule has 0 unspecified atom stereocenters. The average Bonchev–Trinajstić information content (AvgIpc) is 2.16. The van der Waals surface area contributed by atoms with Crippen molar-refractivity contribution < 1.29 is 0 Å². The number of hydrogen-bond donors (Lipinski definition) is 0. The van der Waals surface area contributed by atoms with E-state index in [0.29, 0.717) is 0 Å². The van der Waals surface area contributed by atoms with Crippen LogP contribution in [0.2, 0.25) is 0 Å². The Morgan fingerprint density at radius 1 is 1.43 bits per heavy atom. The molecule has 0 saturated carbocycles. The predicted octanol–water partition coefficient (Wildman–Crippen LogP) is 5.14. The highest BCUT2D eigenvalue weighted by Gasteiger charge is 2.09. The Kier molecular flexibility index (Phi) is 5.36. The van der Waals surface area contributed by atoms with Gasteiger partial charge in [0.05, 0.1) is 0 Å². The van der Waals surface area contributed by atoms with E-state index in [2.05, 4.69) is 19.1 Å². The fourth-order valence-electron chi connectivity index (χ4n) is 1.39. The standard InChI is InChI=1S/C12H16Cl2/c1-2-3-4-5-7-10-11(13)8-6-9-12(10)14/h5,7-8H,2-4,6,9H2,1H3/b7-5+. The monoisotopic (exact) mass is 230 g/mol. The molecule has 0 atom stereocenters. The molecule has 0 amide bonds. The van der Waals surface area contributed by atoms with Crippen molar-refractivity contribution in [3.05, 3.63) is 33.9 Å². The van der Waals surface area contributed by atoms with Crippen molar-refractivity contribution in [1.29, 1.82) is 0 Å². The van der Waals surface area contributed by atoms with Crippen LogP contribution in [0.3, 0.4) is 0 Å². The van der Waals surface area contributed by atoms with Crippen molar-refractivity contribution >= 4 is 23.2 Å². The number of halogens is 2. The third-order valence-corrected chi connectivity index (χ3v) is 3.00. The summed E-state index contributed by atoms with van der Waals surface area (Å²) in [4.78, 5) is 0. The number of hydrogen-bond acceptors (Lipinski definition) is 0. The van der Waals surface area contributed by atoms with Gasteiger partial charge in [-0.1, -0.05) is 61.2 Å². The summed E-state index contributed by atoms with van der Waals surface area (Å²) in [5.41, 5.74) is 1.01. The number of unbranched alkanes of at least 4 members (excludes halogenated alkanes) is 2. The number of rotatable bonds is 4. The summed E-state index contributed by atoms with van der Waals surface area (Å²) in [6.07, 6.45) is 11.7. The van der Waals surface area contributed by atoms with Gasteiger partial charge < -0.3 is 0 Å². The molecule has 1 aliphatic rings. The van der Waals surface area contributed by atoms with Crippen molar-refractivity contribution in [3.63, 3.8) is 0 Å². The van der Waals surface area contributed by atoms with Crippen molar-refractivity contribution in [3.8, 4) is 0 Å². The Bertz CT molecular complexity index is 272. The van der Waals surface area contributed by atoms with E-state index < -0.39 is 0 Å². The van der Waals surface area contributed by atoms with Gasteiger partial charge in [0.25, 0.3) is 0 Å². The molecule has 0 spiro atoms. The van der Waals surface area contributed by atoms with E-state index in [1.54, 1.807) is 0 Å². The molecule has 0 nitrogen and oxygen atoms in total. The molecule has 1 aliphatic carbocycles. The van der Waals surface area contributed by atoms with Gasteiger partial charge in [0.1, 0.15) is 0 Å². The highest BCUT2D eigenvalue weighted by Crippen LogP contribution is 2.31. The first kappa shape index (κ1) is 11.9. The molecule has 0 aromatic carbocycles. The minimum atomic E-state index is 0.800. The third kappa shape index (κ3) is 3.51. The van der Waals surface area contributed by atoms with Gasteiger partial charge in [-0.05, 0) is 19.3 Å². The summed E-state index contributed by atoms with van der Waals surface area (Å²) >= 11 is 12.2. The van der Waals surface area contributed by atoms with Crippen LogP contribution in [0.25, 0.3) is 0 Å². The molecule has 0 heterocycles.